The van der Waals surface area contributed by atoms with Crippen molar-refractivity contribution < 1.29 is 4.79 Å². The van der Waals surface area contributed by atoms with Gasteiger partial charge >= 0.3 is 0 Å². The lowest BCUT2D eigenvalue weighted by molar-refractivity contribution is -0.113. The smallest absolute Gasteiger partial charge is 0.259 e. The van der Waals surface area contributed by atoms with E-state index in [0.29, 0.717) is 17.3 Å². The molecule has 0 aliphatic heterocycles. The number of fused-ring (bicyclic) bond motifs is 3. The Kier molecular flexibility index (Phi) is 6.35. The molecule has 29 heavy (non-hydrogen) atoms. The van der Waals surface area contributed by atoms with Crippen LogP contribution in [-0.4, -0.2) is 21.6 Å². The molecule has 4 rings (SSSR count). The second-order valence-corrected chi connectivity index (χ2v) is 9.46. The molecule has 0 spiro atoms. The van der Waals surface area contributed by atoms with Gasteiger partial charge in [-0.3, -0.25) is 9.59 Å². The molecule has 5 nitrogen and oxygen atoms in total. The Labute approximate surface area is 178 Å². The van der Waals surface area contributed by atoms with Crippen LogP contribution in [0.25, 0.3) is 10.2 Å². The van der Waals surface area contributed by atoms with E-state index in [0.717, 1.165) is 41.6 Å². The molecular weight excluding hydrogens is 402 g/mol. The number of nitrogens with zero attached hydrogens (tertiary/aromatic N) is 1. The predicted molar refractivity (Wildman–Crippen MR) is 122 cm³/mol. The summed E-state index contributed by atoms with van der Waals surface area (Å²) < 4.78 is 0. The van der Waals surface area contributed by atoms with E-state index in [-0.39, 0.29) is 11.5 Å². The van der Waals surface area contributed by atoms with E-state index in [9.17, 15) is 9.59 Å². The molecule has 152 valence electrons. The van der Waals surface area contributed by atoms with Crippen molar-refractivity contribution in [3.05, 3.63) is 56.4 Å². The zero-order valence-electron chi connectivity index (χ0n) is 16.5. The number of anilines is 1. The summed E-state index contributed by atoms with van der Waals surface area (Å²) in [7, 11) is 0. The van der Waals surface area contributed by atoms with Gasteiger partial charge in [0.25, 0.3) is 5.56 Å². The fourth-order valence-electron chi connectivity index (χ4n) is 3.69. The molecule has 7 heteroatoms. The highest BCUT2D eigenvalue weighted by Gasteiger charge is 2.21. The summed E-state index contributed by atoms with van der Waals surface area (Å²) >= 11 is 3.10. The van der Waals surface area contributed by atoms with Crippen LogP contribution in [0.5, 0.6) is 0 Å². The second-order valence-electron chi connectivity index (χ2n) is 7.39. The molecule has 0 atom stereocenters. The molecule has 0 bridgehead atoms. The summed E-state index contributed by atoms with van der Waals surface area (Å²) in [5.41, 5.74) is 3.26. The molecule has 1 aromatic carbocycles. The molecule has 0 unspecified atom stereocenters. The largest absolute Gasteiger partial charge is 0.325 e. The van der Waals surface area contributed by atoms with Crippen molar-refractivity contribution >= 4 is 44.9 Å². The van der Waals surface area contributed by atoms with Crippen LogP contribution in [0.2, 0.25) is 0 Å². The first kappa shape index (κ1) is 20.2. The number of H-pyrrole nitrogens is 1. The highest BCUT2D eigenvalue weighted by molar-refractivity contribution is 7.99. The van der Waals surface area contributed by atoms with Gasteiger partial charge in [0, 0.05) is 10.6 Å². The van der Waals surface area contributed by atoms with Crippen molar-refractivity contribution in [3.63, 3.8) is 0 Å². The number of rotatable bonds is 8. The molecule has 2 N–H and O–H groups in total. The zero-order valence-corrected chi connectivity index (χ0v) is 18.2. The summed E-state index contributed by atoms with van der Waals surface area (Å²) in [6.45, 7) is 2.18. The molecule has 1 amide bonds. The van der Waals surface area contributed by atoms with E-state index in [1.165, 1.54) is 40.6 Å². The maximum Gasteiger partial charge on any atom is 0.259 e. The standard InChI is InChI=1S/C22H25N3O2S2/c1-2-3-5-14-8-10-15(11-9-14)23-19(26)13-28-12-18-24-21(27)20-16-6-4-7-17(16)29-22(20)25-18/h8-11H,2-7,12-13H2,1H3,(H,23,26)(H,24,25,27). The average Bonchev–Trinajstić information content (AvgIpc) is 3.28. The lowest BCUT2D eigenvalue weighted by Crippen LogP contribution is -2.15. The molecule has 2 heterocycles. The van der Waals surface area contributed by atoms with Crippen LogP contribution in [0.15, 0.2) is 29.1 Å². The Balaban J connectivity index is 1.31. The van der Waals surface area contributed by atoms with Gasteiger partial charge in [-0.1, -0.05) is 25.5 Å². The molecule has 1 aliphatic carbocycles. The van der Waals surface area contributed by atoms with Gasteiger partial charge in [0.2, 0.25) is 5.91 Å². The number of aryl methyl sites for hydroxylation is 3. The van der Waals surface area contributed by atoms with E-state index in [1.54, 1.807) is 11.3 Å². The summed E-state index contributed by atoms with van der Waals surface area (Å²) in [5.74, 6) is 1.42. The topological polar surface area (TPSA) is 74.8 Å². The van der Waals surface area contributed by atoms with Gasteiger partial charge in [-0.05, 0) is 55.4 Å². The normalized spacial score (nSPS) is 13.0. The Morgan fingerprint density at radius 3 is 2.90 bits per heavy atom. The third-order valence-electron chi connectivity index (χ3n) is 5.15. The maximum atomic E-state index is 12.5. The van der Waals surface area contributed by atoms with Crippen molar-refractivity contribution in [2.24, 2.45) is 0 Å². The fraction of sp³-hybridized carbons (Fsp3) is 0.409. The third-order valence-corrected chi connectivity index (χ3v) is 7.28. The first-order valence-electron chi connectivity index (χ1n) is 10.1. The average molecular weight is 428 g/mol. The van der Waals surface area contributed by atoms with Gasteiger partial charge in [-0.25, -0.2) is 4.98 Å². The summed E-state index contributed by atoms with van der Waals surface area (Å²) in [4.78, 5) is 34.4. The van der Waals surface area contributed by atoms with Gasteiger partial charge in [0.05, 0.1) is 16.9 Å². The summed E-state index contributed by atoms with van der Waals surface area (Å²) in [6, 6.07) is 8.05. The minimum Gasteiger partial charge on any atom is -0.325 e. The first-order chi connectivity index (χ1) is 14.1. The summed E-state index contributed by atoms with van der Waals surface area (Å²) in [5, 5.41) is 3.70. The highest BCUT2D eigenvalue weighted by atomic mass is 32.2. The number of hydrogen-bond acceptors (Lipinski definition) is 5. The van der Waals surface area contributed by atoms with Crippen LogP contribution >= 0.6 is 23.1 Å². The Morgan fingerprint density at radius 1 is 1.28 bits per heavy atom. The van der Waals surface area contributed by atoms with E-state index >= 15 is 0 Å². The summed E-state index contributed by atoms with van der Waals surface area (Å²) in [6.07, 6.45) is 6.59. The van der Waals surface area contributed by atoms with Gasteiger partial charge in [0.1, 0.15) is 10.7 Å². The van der Waals surface area contributed by atoms with E-state index in [1.807, 2.05) is 12.1 Å². The van der Waals surface area contributed by atoms with Crippen molar-refractivity contribution in [3.8, 4) is 0 Å². The monoisotopic (exact) mass is 427 g/mol. The van der Waals surface area contributed by atoms with Crippen LogP contribution < -0.4 is 10.9 Å². The fourth-order valence-corrected chi connectivity index (χ4v) is 5.66. The Hall–Kier alpha value is -2.12. The Morgan fingerprint density at radius 2 is 2.10 bits per heavy atom. The van der Waals surface area contributed by atoms with Crippen molar-refractivity contribution in [1.29, 1.82) is 0 Å². The second kappa shape index (κ2) is 9.13. The molecule has 0 fully saturated rings. The molecule has 1 aliphatic rings. The number of amides is 1. The lowest BCUT2D eigenvalue weighted by atomic mass is 10.1. The molecule has 2 aromatic heterocycles. The Bertz CT molecular complexity index is 1070. The molecule has 0 saturated carbocycles. The number of unbranched alkanes of at least 4 members (excludes halogenated alkanes) is 1. The van der Waals surface area contributed by atoms with Crippen molar-refractivity contribution in [2.75, 3.05) is 11.1 Å². The van der Waals surface area contributed by atoms with Crippen LogP contribution in [0.1, 0.15) is 48.0 Å². The van der Waals surface area contributed by atoms with E-state index in [4.69, 9.17) is 0 Å². The zero-order chi connectivity index (χ0) is 20.2. The molecule has 3 aromatic rings. The number of benzene rings is 1. The van der Waals surface area contributed by atoms with Crippen molar-refractivity contribution in [2.45, 2.75) is 51.2 Å². The predicted octanol–water partition coefficient (Wildman–Crippen LogP) is 4.69. The quantitative estimate of drug-likeness (QED) is 0.547. The number of thioether (sulfide) groups is 1. The van der Waals surface area contributed by atoms with Gasteiger partial charge < -0.3 is 10.3 Å². The van der Waals surface area contributed by atoms with Crippen LogP contribution in [0.4, 0.5) is 5.69 Å². The van der Waals surface area contributed by atoms with Crippen molar-refractivity contribution in [1.82, 2.24) is 9.97 Å². The first-order valence-corrected chi connectivity index (χ1v) is 12.1. The van der Waals surface area contributed by atoms with Crippen LogP contribution in [0, 0.1) is 0 Å². The number of carbonyl (C=O) groups is 1. The lowest BCUT2D eigenvalue weighted by Gasteiger charge is -2.07. The van der Waals surface area contributed by atoms with Gasteiger partial charge in [-0.15, -0.1) is 23.1 Å². The number of aromatic amines is 1. The molecule has 0 radical (unpaired) electrons. The molecule has 0 saturated heterocycles. The van der Waals surface area contributed by atoms with Gasteiger partial charge in [-0.2, -0.15) is 0 Å². The minimum absolute atomic E-state index is 0.0439. The third kappa shape index (κ3) is 4.73. The van der Waals surface area contributed by atoms with Crippen LogP contribution in [0.3, 0.4) is 0 Å². The SMILES string of the molecule is CCCCc1ccc(NC(=O)CSCc2nc3sc4c(c3c(=O)[nH]2)CCC4)cc1. The van der Waals surface area contributed by atoms with E-state index in [2.05, 4.69) is 34.3 Å². The van der Waals surface area contributed by atoms with Gasteiger partial charge in [0.15, 0.2) is 0 Å². The van der Waals surface area contributed by atoms with Crippen LogP contribution in [-0.2, 0) is 29.8 Å². The van der Waals surface area contributed by atoms with E-state index < -0.39 is 0 Å². The number of thiophene rings is 1. The number of nitrogens with one attached hydrogen (secondary N) is 2. The number of hydrogen-bond donors (Lipinski definition) is 2. The number of aromatic nitrogens is 2. The minimum atomic E-state index is -0.0465. The number of carbonyl (C=O) groups excluding carboxylic acids is 1. The highest BCUT2D eigenvalue weighted by Crippen LogP contribution is 2.34. The molecular formula is C22H25N3O2S2. The maximum absolute atomic E-state index is 12.5.